The van der Waals surface area contributed by atoms with E-state index in [1.165, 1.54) is 0 Å². The topological polar surface area (TPSA) is 109 Å². The summed E-state index contributed by atoms with van der Waals surface area (Å²) < 4.78 is 5.35. The third-order valence-electron chi connectivity index (χ3n) is 7.32. The summed E-state index contributed by atoms with van der Waals surface area (Å²) >= 11 is 6.47. The summed E-state index contributed by atoms with van der Waals surface area (Å²) in [5, 5.41) is 22.0. The SMILES string of the molecule is COc1ccc2ncc(Cl)c(C(O)CCC3(CC(=O)O)CCN(CCCc4cnccn4)CC3)c2c1. The minimum atomic E-state index is -0.828. The molecule has 1 saturated heterocycles. The molecule has 36 heavy (non-hydrogen) atoms. The summed E-state index contributed by atoms with van der Waals surface area (Å²) in [5.74, 6) is -0.133. The second-order valence-corrected chi connectivity index (χ2v) is 10.1. The number of halogens is 1. The largest absolute Gasteiger partial charge is 0.497 e. The van der Waals surface area contributed by atoms with Crippen molar-refractivity contribution in [2.75, 3.05) is 26.7 Å². The lowest BCUT2D eigenvalue weighted by atomic mass is 9.71. The first-order valence-corrected chi connectivity index (χ1v) is 12.8. The van der Waals surface area contributed by atoms with E-state index in [1.807, 2.05) is 18.2 Å². The predicted molar refractivity (Wildman–Crippen MR) is 138 cm³/mol. The van der Waals surface area contributed by atoms with Crippen molar-refractivity contribution in [2.24, 2.45) is 5.41 Å². The number of fused-ring (bicyclic) bond motifs is 1. The quantitative estimate of drug-likeness (QED) is 0.381. The van der Waals surface area contributed by atoms with E-state index in [1.54, 1.807) is 31.9 Å². The Hall–Kier alpha value is -2.81. The molecule has 3 heterocycles. The van der Waals surface area contributed by atoms with Gasteiger partial charge in [-0.3, -0.25) is 19.7 Å². The molecule has 0 radical (unpaired) electrons. The summed E-state index contributed by atoms with van der Waals surface area (Å²) in [6.07, 6.45) is 10.5. The number of aliphatic hydroxyl groups excluding tert-OH is 1. The van der Waals surface area contributed by atoms with Gasteiger partial charge in [-0.1, -0.05) is 11.6 Å². The van der Waals surface area contributed by atoms with Gasteiger partial charge in [-0.05, 0) is 81.8 Å². The van der Waals surface area contributed by atoms with E-state index in [9.17, 15) is 15.0 Å². The Kier molecular flexibility index (Phi) is 8.72. The lowest BCUT2D eigenvalue weighted by molar-refractivity contribution is -0.141. The van der Waals surface area contributed by atoms with E-state index >= 15 is 0 Å². The fourth-order valence-electron chi connectivity index (χ4n) is 5.25. The first-order chi connectivity index (χ1) is 17.4. The van der Waals surface area contributed by atoms with Gasteiger partial charge in [-0.15, -0.1) is 0 Å². The fraction of sp³-hybridized carbons (Fsp3) is 0.481. The highest BCUT2D eigenvalue weighted by molar-refractivity contribution is 6.32. The van der Waals surface area contributed by atoms with Crippen LogP contribution >= 0.6 is 11.6 Å². The molecule has 0 saturated carbocycles. The van der Waals surface area contributed by atoms with Gasteiger partial charge < -0.3 is 19.8 Å². The normalized spacial score (nSPS) is 16.6. The number of piperidine rings is 1. The lowest BCUT2D eigenvalue weighted by Gasteiger charge is -2.41. The van der Waals surface area contributed by atoms with Crippen molar-refractivity contribution in [3.63, 3.8) is 0 Å². The van der Waals surface area contributed by atoms with Gasteiger partial charge in [0, 0.05) is 35.7 Å². The van der Waals surface area contributed by atoms with Crippen LogP contribution in [0.5, 0.6) is 5.75 Å². The number of carbonyl (C=O) groups is 1. The average Bonchev–Trinajstić information content (AvgIpc) is 2.88. The number of aryl methyl sites for hydroxylation is 1. The number of methoxy groups -OCH3 is 1. The third kappa shape index (κ3) is 6.49. The zero-order valence-electron chi connectivity index (χ0n) is 20.6. The minimum absolute atomic E-state index is 0.103. The molecule has 8 nitrogen and oxygen atoms in total. The van der Waals surface area contributed by atoms with Crippen molar-refractivity contribution < 1.29 is 19.7 Å². The molecule has 1 atom stereocenters. The first kappa shape index (κ1) is 26.3. The first-order valence-electron chi connectivity index (χ1n) is 12.4. The zero-order chi connectivity index (χ0) is 25.5. The number of pyridine rings is 1. The van der Waals surface area contributed by atoms with Crippen LogP contribution in [0, 0.1) is 5.41 Å². The van der Waals surface area contributed by atoms with E-state index in [-0.39, 0.29) is 11.8 Å². The maximum absolute atomic E-state index is 11.8. The molecule has 1 aliphatic rings. The van der Waals surface area contributed by atoms with Crippen LogP contribution in [0.2, 0.25) is 5.02 Å². The second-order valence-electron chi connectivity index (χ2n) is 9.67. The smallest absolute Gasteiger partial charge is 0.303 e. The fourth-order valence-corrected chi connectivity index (χ4v) is 5.53. The molecule has 9 heteroatoms. The summed E-state index contributed by atoms with van der Waals surface area (Å²) in [4.78, 5) is 27.0. The van der Waals surface area contributed by atoms with Crippen LogP contribution in [-0.2, 0) is 11.2 Å². The van der Waals surface area contributed by atoms with Gasteiger partial charge in [-0.2, -0.15) is 0 Å². The standard InChI is InChI=1S/C27H33ClN4O4/c1-36-20-4-5-23-21(15-20)26(22(28)18-31-23)24(33)6-7-27(16-25(34)35)8-13-32(14-9-27)12-2-3-19-17-29-10-11-30-19/h4-5,10-11,15,17-18,24,33H,2-3,6-9,12-14,16H2,1H3,(H,34,35). The van der Waals surface area contributed by atoms with Crippen molar-refractivity contribution in [2.45, 2.75) is 51.0 Å². The number of likely N-dealkylation sites (tertiary alicyclic amines) is 1. The highest BCUT2D eigenvalue weighted by Crippen LogP contribution is 2.43. The van der Waals surface area contributed by atoms with Crippen LogP contribution in [0.15, 0.2) is 43.0 Å². The molecule has 2 aromatic heterocycles. The van der Waals surface area contributed by atoms with Gasteiger partial charge in [0.25, 0.3) is 0 Å². The monoisotopic (exact) mass is 512 g/mol. The van der Waals surface area contributed by atoms with Crippen molar-refractivity contribution in [1.82, 2.24) is 19.9 Å². The molecule has 0 bridgehead atoms. The average molecular weight is 513 g/mol. The highest BCUT2D eigenvalue weighted by Gasteiger charge is 2.37. The molecule has 192 valence electrons. The van der Waals surface area contributed by atoms with Gasteiger partial charge >= 0.3 is 5.97 Å². The van der Waals surface area contributed by atoms with E-state index in [0.717, 1.165) is 61.9 Å². The van der Waals surface area contributed by atoms with Gasteiger partial charge in [0.1, 0.15) is 5.75 Å². The molecular weight excluding hydrogens is 480 g/mol. The number of benzene rings is 1. The number of carboxylic acids is 1. The number of carboxylic acid groups (broad SMARTS) is 1. The molecule has 1 aromatic carbocycles. The van der Waals surface area contributed by atoms with Crippen LogP contribution in [0.3, 0.4) is 0 Å². The van der Waals surface area contributed by atoms with Crippen LogP contribution in [0.25, 0.3) is 10.9 Å². The Morgan fingerprint density at radius 2 is 2.03 bits per heavy atom. The molecule has 0 aliphatic carbocycles. The van der Waals surface area contributed by atoms with Crippen LogP contribution in [-0.4, -0.2) is 62.8 Å². The Bertz CT molecular complexity index is 1170. The van der Waals surface area contributed by atoms with Gasteiger partial charge in [0.05, 0.1) is 35.9 Å². The Morgan fingerprint density at radius 3 is 2.72 bits per heavy atom. The molecule has 1 unspecified atom stereocenters. The van der Waals surface area contributed by atoms with E-state index in [0.29, 0.717) is 29.2 Å². The molecule has 0 spiro atoms. The van der Waals surface area contributed by atoms with Crippen LogP contribution < -0.4 is 4.74 Å². The molecule has 0 amide bonds. The van der Waals surface area contributed by atoms with Gasteiger partial charge in [0.15, 0.2) is 0 Å². The van der Waals surface area contributed by atoms with Gasteiger partial charge in [-0.25, -0.2) is 0 Å². The van der Waals surface area contributed by atoms with E-state index < -0.39 is 12.1 Å². The Morgan fingerprint density at radius 1 is 1.22 bits per heavy atom. The Labute approximate surface area is 216 Å². The summed E-state index contributed by atoms with van der Waals surface area (Å²) in [5.41, 5.74) is 1.99. The molecule has 4 rings (SSSR count). The highest BCUT2D eigenvalue weighted by atomic mass is 35.5. The lowest BCUT2D eigenvalue weighted by Crippen LogP contribution is -2.41. The molecular formula is C27H33ClN4O4. The predicted octanol–water partition coefficient (Wildman–Crippen LogP) is 4.69. The minimum Gasteiger partial charge on any atom is -0.497 e. The van der Waals surface area contributed by atoms with Crippen molar-refractivity contribution in [1.29, 1.82) is 0 Å². The number of aromatic nitrogens is 3. The molecule has 1 fully saturated rings. The van der Waals surface area contributed by atoms with Crippen LogP contribution in [0.1, 0.15) is 55.9 Å². The number of aliphatic carboxylic acids is 1. The number of aliphatic hydroxyl groups is 1. The van der Waals surface area contributed by atoms with Crippen molar-refractivity contribution in [3.05, 3.63) is 59.3 Å². The van der Waals surface area contributed by atoms with E-state index in [4.69, 9.17) is 16.3 Å². The molecule has 1 aliphatic heterocycles. The summed E-state index contributed by atoms with van der Waals surface area (Å²) in [7, 11) is 1.59. The Balaban J connectivity index is 1.39. The van der Waals surface area contributed by atoms with E-state index in [2.05, 4.69) is 19.9 Å². The number of hydrogen-bond acceptors (Lipinski definition) is 7. The number of ether oxygens (including phenoxy) is 1. The van der Waals surface area contributed by atoms with Crippen molar-refractivity contribution >= 4 is 28.5 Å². The third-order valence-corrected chi connectivity index (χ3v) is 7.62. The summed E-state index contributed by atoms with van der Waals surface area (Å²) in [6.45, 7) is 2.64. The van der Waals surface area contributed by atoms with Gasteiger partial charge in [0.2, 0.25) is 0 Å². The molecule has 3 aromatic rings. The number of rotatable bonds is 11. The second kappa shape index (κ2) is 12.0. The number of nitrogens with zero attached hydrogens (tertiary/aromatic N) is 4. The van der Waals surface area contributed by atoms with Crippen molar-refractivity contribution in [3.8, 4) is 5.75 Å². The molecule has 2 N–H and O–H groups in total. The van der Waals surface area contributed by atoms with Crippen LogP contribution in [0.4, 0.5) is 0 Å². The maximum atomic E-state index is 11.8. The number of hydrogen-bond donors (Lipinski definition) is 2. The zero-order valence-corrected chi connectivity index (χ0v) is 21.3. The maximum Gasteiger partial charge on any atom is 0.303 e. The summed E-state index contributed by atoms with van der Waals surface area (Å²) in [6, 6.07) is 5.49.